The van der Waals surface area contributed by atoms with Crippen molar-refractivity contribution in [1.29, 1.82) is 0 Å². The van der Waals surface area contributed by atoms with Gasteiger partial charge in [-0.15, -0.1) is 0 Å². The highest BCUT2D eigenvalue weighted by molar-refractivity contribution is 5.98. The molecule has 6 heterocycles. The summed E-state index contributed by atoms with van der Waals surface area (Å²) in [7, 11) is 3.70. The molecule has 2 saturated heterocycles. The molecule has 0 saturated carbocycles. The Hall–Kier alpha value is -3.05. The summed E-state index contributed by atoms with van der Waals surface area (Å²) in [6, 6.07) is 3.91. The van der Waals surface area contributed by atoms with Gasteiger partial charge in [0.25, 0.3) is 0 Å². The monoisotopic (exact) mass is 508 g/mol. The van der Waals surface area contributed by atoms with Gasteiger partial charge in [0.15, 0.2) is 0 Å². The number of hydrogen-bond acceptors (Lipinski definition) is 8. The zero-order valence-electron chi connectivity index (χ0n) is 21.5. The SMILES string of the molecule is COC1(CCOc2cc(-c3cn(C)c4cnc(NC(C)=O)cc34)nc3c2CCOC32CCOC2)COC1. The first kappa shape index (κ1) is 24.3. The molecule has 3 aromatic heterocycles. The summed E-state index contributed by atoms with van der Waals surface area (Å²) in [6.45, 7) is 4.86. The first-order valence-electron chi connectivity index (χ1n) is 12.7. The Kier molecular flexibility index (Phi) is 6.15. The lowest BCUT2D eigenvalue weighted by Crippen LogP contribution is -2.52. The summed E-state index contributed by atoms with van der Waals surface area (Å²) in [5.41, 5.74) is 3.79. The van der Waals surface area contributed by atoms with Crippen LogP contribution in [-0.2, 0) is 42.8 Å². The molecule has 0 aliphatic carbocycles. The van der Waals surface area contributed by atoms with E-state index in [4.69, 9.17) is 28.7 Å². The second-order valence-electron chi connectivity index (χ2n) is 10.1. The minimum absolute atomic E-state index is 0.169. The molecular formula is C27H32N4O6. The maximum Gasteiger partial charge on any atom is 0.222 e. The molecule has 6 rings (SSSR count). The number of amides is 1. The number of ether oxygens (including phenoxy) is 5. The number of nitrogens with one attached hydrogen (secondary N) is 1. The minimum Gasteiger partial charge on any atom is -0.493 e. The molecule has 0 bridgehead atoms. The summed E-state index contributed by atoms with van der Waals surface area (Å²) in [5, 5.41) is 3.72. The van der Waals surface area contributed by atoms with Crippen LogP contribution in [0.2, 0.25) is 0 Å². The quantitative estimate of drug-likeness (QED) is 0.519. The Labute approximate surface area is 215 Å². The van der Waals surface area contributed by atoms with Gasteiger partial charge >= 0.3 is 0 Å². The Morgan fingerprint density at radius 3 is 2.78 bits per heavy atom. The fourth-order valence-electron chi connectivity index (χ4n) is 5.47. The predicted octanol–water partition coefficient (Wildman–Crippen LogP) is 2.97. The third-order valence-corrected chi connectivity index (χ3v) is 7.67. The number of anilines is 1. The first-order chi connectivity index (χ1) is 17.9. The molecule has 1 amide bonds. The van der Waals surface area contributed by atoms with Crippen LogP contribution in [0.1, 0.15) is 31.0 Å². The number of methoxy groups -OCH3 is 1. The maximum atomic E-state index is 11.6. The average Bonchev–Trinajstić information content (AvgIpc) is 3.45. The van der Waals surface area contributed by atoms with E-state index in [-0.39, 0.29) is 11.5 Å². The fraction of sp³-hybridized carbons (Fsp3) is 0.519. The number of fused-ring (bicyclic) bond motifs is 3. The van der Waals surface area contributed by atoms with Crippen molar-refractivity contribution in [2.24, 2.45) is 7.05 Å². The van der Waals surface area contributed by atoms with Crippen LogP contribution in [0.4, 0.5) is 5.82 Å². The van der Waals surface area contributed by atoms with Gasteiger partial charge in [0.05, 0.1) is 56.1 Å². The van der Waals surface area contributed by atoms with Crippen molar-refractivity contribution in [1.82, 2.24) is 14.5 Å². The van der Waals surface area contributed by atoms with Gasteiger partial charge in [0, 0.05) is 75.7 Å². The molecular weight excluding hydrogens is 476 g/mol. The molecule has 1 N–H and O–H groups in total. The van der Waals surface area contributed by atoms with E-state index in [0.717, 1.165) is 58.4 Å². The summed E-state index contributed by atoms with van der Waals surface area (Å²) < 4.78 is 31.6. The molecule has 1 spiro atoms. The third kappa shape index (κ3) is 4.27. The van der Waals surface area contributed by atoms with Gasteiger partial charge in [-0.25, -0.2) is 9.97 Å². The molecule has 1 unspecified atom stereocenters. The number of pyridine rings is 2. The molecule has 1 atom stereocenters. The van der Waals surface area contributed by atoms with Crippen LogP contribution < -0.4 is 10.1 Å². The third-order valence-electron chi connectivity index (χ3n) is 7.67. The normalized spacial score (nSPS) is 22.1. The molecule has 0 radical (unpaired) electrons. The molecule has 10 heteroatoms. The fourth-order valence-corrected chi connectivity index (χ4v) is 5.47. The molecule has 0 aromatic carbocycles. The maximum absolute atomic E-state index is 11.6. The van der Waals surface area contributed by atoms with Gasteiger partial charge in [0.1, 0.15) is 22.8 Å². The van der Waals surface area contributed by atoms with E-state index in [2.05, 4.69) is 10.3 Å². The van der Waals surface area contributed by atoms with Gasteiger partial charge in [-0.3, -0.25) is 4.79 Å². The Balaban J connectivity index is 1.44. The number of carbonyl (C=O) groups is 1. The zero-order chi connectivity index (χ0) is 25.6. The largest absolute Gasteiger partial charge is 0.493 e. The highest BCUT2D eigenvalue weighted by Gasteiger charge is 2.45. The van der Waals surface area contributed by atoms with Gasteiger partial charge in [-0.2, -0.15) is 0 Å². The standard InChI is InChI=1S/C27H32N4O6/c1-17(32)29-24-10-19-20(13-31(2)22(19)12-28-24)21-11-23(36-9-5-26(33-3)14-35-15-26)18-4-7-37-27(25(18)30-21)6-8-34-16-27/h10-13H,4-9,14-16H2,1-3H3,(H,28,29,32). The Morgan fingerprint density at radius 2 is 2.08 bits per heavy atom. The molecule has 2 fully saturated rings. The van der Waals surface area contributed by atoms with Gasteiger partial charge < -0.3 is 33.6 Å². The van der Waals surface area contributed by atoms with Crippen LogP contribution in [0.3, 0.4) is 0 Å². The van der Waals surface area contributed by atoms with Crippen LogP contribution in [0.5, 0.6) is 5.75 Å². The molecule has 196 valence electrons. The summed E-state index contributed by atoms with van der Waals surface area (Å²) in [4.78, 5) is 21.2. The molecule has 3 aromatic rings. The number of carbonyl (C=O) groups excluding carboxylic acids is 1. The van der Waals surface area contributed by atoms with Gasteiger partial charge in [-0.1, -0.05) is 0 Å². The van der Waals surface area contributed by atoms with E-state index < -0.39 is 5.60 Å². The van der Waals surface area contributed by atoms with Crippen molar-refractivity contribution in [3.05, 3.63) is 35.8 Å². The minimum atomic E-state index is -0.565. The van der Waals surface area contributed by atoms with Crippen molar-refractivity contribution in [2.75, 3.05) is 52.1 Å². The summed E-state index contributed by atoms with van der Waals surface area (Å²) >= 11 is 0. The first-order valence-corrected chi connectivity index (χ1v) is 12.7. The predicted molar refractivity (Wildman–Crippen MR) is 136 cm³/mol. The van der Waals surface area contributed by atoms with Crippen molar-refractivity contribution in [2.45, 2.75) is 37.4 Å². The van der Waals surface area contributed by atoms with E-state index in [1.807, 2.05) is 29.9 Å². The summed E-state index contributed by atoms with van der Waals surface area (Å²) in [6.07, 6.45) is 6.02. The van der Waals surface area contributed by atoms with Crippen molar-refractivity contribution in [3.63, 3.8) is 0 Å². The lowest BCUT2D eigenvalue weighted by molar-refractivity contribution is -0.201. The van der Waals surface area contributed by atoms with Crippen molar-refractivity contribution < 1.29 is 28.5 Å². The smallest absolute Gasteiger partial charge is 0.222 e. The van der Waals surface area contributed by atoms with Crippen molar-refractivity contribution >= 4 is 22.6 Å². The number of nitrogens with zero attached hydrogens (tertiary/aromatic N) is 3. The lowest BCUT2D eigenvalue weighted by Gasteiger charge is -2.40. The number of rotatable bonds is 7. The molecule has 10 nitrogen and oxygen atoms in total. The van der Waals surface area contributed by atoms with Crippen LogP contribution in [-0.4, -0.2) is 72.8 Å². The van der Waals surface area contributed by atoms with Crippen LogP contribution >= 0.6 is 0 Å². The number of aryl methyl sites for hydroxylation is 1. The van der Waals surface area contributed by atoms with E-state index >= 15 is 0 Å². The molecule has 3 aliphatic rings. The van der Waals surface area contributed by atoms with E-state index in [1.54, 1.807) is 13.3 Å². The van der Waals surface area contributed by atoms with Crippen LogP contribution in [0.25, 0.3) is 22.2 Å². The Morgan fingerprint density at radius 1 is 1.22 bits per heavy atom. The Bertz CT molecular complexity index is 1340. The number of hydrogen-bond donors (Lipinski definition) is 1. The van der Waals surface area contributed by atoms with E-state index in [0.29, 0.717) is 45.5 Å². The average molecular weight is 509 g/mol. The van der Waals surface area contributed by atoms with Crippen LogP contribution in [0, 0.1) is 0 Å². The van der Waals surface area contributed by atoms with Crippen LogP contribution in [0.15, 0.2) is 24.5 Å². The zero-order valence-corrected chi connectivity index (χ0v) is 21.5. The molecule has 37 heavy (non-hydrogen) atoms. The van der Waals surface area contributed by atoms with E-state index in [1.165, 1.54) is 6.92 Å². The van der Waals surface area contributed by atoms with Gasteiger partial charge in [0.2, 0.25) is 5.91 Å². The second kappa shape index (κ2) is 9.36. The topological polar surface area (TPSA) is 106 Å². The highest BCUT2D eigenvalue weighted by Crippen LogP contribution is 2.44. The number of aromatic nitrogens is 3. The van der Waals surface area contributed by atoms with E-state index in [9.17, 15) is 4.79 Å². The highest BCUT2D eigenvalue weighted by atomic mass is 16.6. The second-order valence-corrected chi connectivity index (χ2v) is 10.1. The molecule has 3 aliphatic heterocycles. The summed E-state index contributed by atoms with van der Waals surface area (Å²) in [5.74, 6) is 1.14. The van der Waals surface area contributed by atoms with Crippen molar-refractivity contribution in [3.8, 4) is 17.0 Å². The van der Waals surface area contributed by atoms with Gasteiger partial charge in [-0.05, 0) is 6.07 Å². The lowest BCUT2D eigenvalue weighted by atomic mass is 9.89.